The van der Waals surface area contributed by atoms with Gasteiger partial charge in [0.15, 0.2) is 11.6 Å². The van der Waals surface area contributed by atoms with Gasteiger partial charge in [0, 0.05) is 37.8 Å². The lowest BCUT2D eigenvalue weighted by molar-refractivity contribution is -0.172. The highest BCUT2D eigenvalue weighted by Crippen LogP contribution is 2.47. The van der Waals surface area contributed by atoms with Crippen molar-refractivity contribution in [3.05, 3.63) is 82.5 Å². The van der Waals surface area contributed by atoms with Crippen LogP contribution in [0.3, 0.4) is 0 Å². The topological polar surface area (TPSA) is 120 Å². The normalized spacial score (nSPS) is 18.4. The summed E-state index contributed by atoms with van der Waals surface area (Å²) in [4.78, 5) is 36.5. The lowest BCUT2D eigenvalue weighted by Gasteiger charge is -2.54. The number of likely N-dealkylation sites (N-methyl/N-ethyl adjacent to an activating group) is 1. The Balaban J connectivity index is 1.28. The number of hydrazine groups is 1. The zero-order chi connectivity index (χ0) is 38.3. The first-order valence-electron chi connectivity index (χ1n) is 16.3. The largest absolute Gasteiger partial charge is 0.509 e. The standard InChI is InChI=1S/C34H32F8N6O5/c1-46-32(7-2-8-32)29(49)26(31(51)48(46)17-19-3-6-24(28(36)27(19)35)53-14-11-47-9-12-52-13-10-47)30(50)45-22-5-4-20(33(37,38)39)15-21(22)23-16-25(34(40,41)42)44-18-43-23/h3-6,15-16,18,49H,2,7-14,17H2,1H3,(H,45,50). The maximum atomic E-state index is 15.4. The second-order valence-corrected chi connectivity index (χ2v) is 12.6. The average Bonchev–Trinajstić information content (AvgIpc) is 3.08. The molecule has 53 heavy (non-hydrogen) atoms. The molecule has 3 aromatic rings. The highest BCUT2D eigenvalue weighted by Gasteiger charge is 2.55. The molecule has 1 aliphatic carbocycles. The number of carbonyl (C=O) groups is 2. The summed E-state index contributed by atoms with van der Waals surface area (Å²) in [5, 5.41) is 15.8. The van der Waals surface area contributed by atoms with Gasteiger partial charge in [-0.05, 0) is 49.6 Å². The van der Waals surface area contributed by atoms with Crippen LogP contribution in [-0.4, -0.2) is 93.8 Å². The molecule has 1 spiro atoms. The molecule has 19 heteroatoms. The van der Waals surface area contributed by atoms with E-state index in [1.807, 2.05) is 4.90 Å². The van der Waals surface area contributed by atoms with Crippen molar-refractivity contribution in [2.24, 2.45) is 0 Å². The van der Waals surface area contributed by atoms with E-state index in [4.69, 9.17) is 9.47 Å². The van der Waals surface area contributed by atoms with E-state index in [1.165, 1.54) is 24.2 Å². The zero-order valence-corrected chi connectivity index (χ0v) is 28.0. The fourth-order valence-electron chi connectivity index (χ4n) is 6.40. The van der Waals surface area contributed by atoms with Crippen molar-refractivity contribution >= 4 is 17.5 Å². The number of carbonyl (C=O) groups excluding carboxylic acids is 2. The molecule has 3 heterocycles. The van der Waals surface area contributed by atoms with E-state index in [1.54, 1.807) is 0 Å². The monoisotopic (exact) mass is 756 g/mol. The number of nitrogens with one attached hydrogen (secondary N) is 1. The van der Waals surface area contributed by atoms with Crippen LogP contribution in [0.15, 0.2) is 54.1 Å². The molecule has 1 aromatic heterocycles. The Morgan fingerprint density at radius 2 is 1.72 bits per heavy atom. The summed E-state index contributed by atoms with van der Waals surface area (Å²) in [5.74, 6) is -6.14. The number of anilines is 1. The second-order valence-electron chi connectivity index (χ2n) is 12.6. The van der Waals surface area contributed by atoms with Crippen LogP contribution in [0.25, 0.3) is 11.3 Å². The molecule has 2 aromatic carbocycles. The third kappa shape index (κ3) is 7.50. The lowest BCUT2D eigenvalue weighted by Crippen LogP contribution is -2.65. The third-order valence-electron chi connectivity index (χ3n) is 9.56. The van der Waals surface area contributed by atoms with Crippen LogP contribution in [0, 0.1) is 11.6 Å². The molecule has 1 saturated carbocycles. The van der Waals surface area contributed by atoms with Gasteiger partial charge >= 0.3 is 12.4 Å². The molecule has 284 valence electrons. The maximum absolute atomic E-state index is 15.4. The van der Waals surface area contributed by atoms with Crippen LogP contribution < -0.4 is 10.1 Å². The number of ether oxygens (including phenoxy) is 2. The number of hydrogen-bond acceptors (Lipinski definition) is 9. The van der Waals surface area contributed by atoms with Gasteiger partial charge in [0.25, 0.3) is 11.8 Å². The summed E-state index contributed by atoms with van der Waals surface area (Å²) in [7, 11) is 1.42. The maximum Gasteiger partial charge on any atom is 0.433 e. The molecule has 0 bridgehead atoms. The number of aliphatic hydroxyl groups excluding tert-OH is 1. The van der Waals surface area contributed by atoms with Gasteiger partial charge in [-0.2, -0.15) is 30.7 Å². The number of amides is 2. The summed E-state index contributed by atoms with van der Waals surface area (Å²) in [6.07, 6.45) is -8.43. The summed E-state index contributed by atoms with van der Waals surface area (Å²) < 4.78 is 123. The molecule has 11 nitrogen and oxygen atoms in total. The average molecular weight is 757 g/mol. The molecule has 0 radical (unpaired) electrons. The Bertz CT molecular complexity index is 1930. The van der Waals surface area contributed by atoms with Gasteiger partial charge in [-0.1, -0.05) is 6.07 Å². The Labute approximate surface area is 296 Å². The Morgan fingerprint density at radius 3 is 2.36 bits per heavy atom. The SMILES string of the molecule is CN1N(Cc2ccc(OCCN3CCOCC3)c(F)c2F)C(=O)C(C(=O)Nc2ccc(C(F)(F)F)cc2-c2cc(C(F)(F)F)ncn2)=C(O)C12CCC2. The van der Waals surface area contributed by atoms with Crippen molar-refractivity contribution < 1.29 is 59.3 Å². The fourth-order valence-corrected chi connectivity index (χ4v) is 6.40. The van der Waals surface area contributed by atoms with Crippen molar-refractivity contribution in [1.82, 2.24) is 24.9 Å². The number of halogens is 8. The molecule has 1 saturated heterocycles. The number of aromatic nitrogens is 2. The Hall–Kier alpha value is -4.88. The zero-order valence-electron chi connectivity index (χ0n) is 28.0. The quantitative estimate of drug-likeness (QED) is 0.208. The van der Waals surface area contributed by atoms with E-state index in [-0.39, 0.29) is 30.8 Å². The van der Waals surface area contributed by atoms with E-state index < -0.39 is 87.4 Å². The molecule has 0 unspecified atom stereocenters. The van der Waals surface area contributed by atoms with Crippen molar-refractivity contribution in [1.29, 1.82) is 0 Å². The third-order valence-corrected chi connectivity index (χ3v) is 9.56. The Morgan fingerprint density at radius 1 is 1.00 bits per heavy atom. The number of hydrogen-bond donors (Lipinski definition) is 2. The lowest BCUT2D eigenvalue weighted by atomic mass is 9.72. The molecular weight excluding hydrogens is 724 g/mol. The minimum atomic E-state index is -4.99. The molecule has 2 fully saturated rings. The first kappa shape index (κ1) is 37.9. The van der Waals surface area contributed by atoms with Crippen molar-refractivity contribution in [2.75, 3.05) is 51.8 Å². The smallest absolute Gasteiger partial charge is 0.433 e. The van der Waals surface area contributed by atoms with E-state index in [0.717, 1.165) is 11.1 Å². The number of rotatable bonds is 9. The summed E-state index contributed by atoms with van der Waals surface area (Å²) in [6.45, 7) is 2.33. The van der Waals surface area contributed by atoms with Gasteiger partial charge in [-0.3, -0.25) is 19.5 Å². The van der Waals surface area contributed by atoms with Gasteiger partial charge in [-0.15, -0.1) is 0 Å². The number of alkyl halides is 6. The highest BCUT2D eigenvalue weighted by molar-refractivity contribution is 6.24. The minimum Gasteiger partial charge on any atom is -0.509 e. The van der Waals surface area contributed by atoms with Crippen LogP contribution in [0.2, 0.25) is 0 Å². The summed E-state index contributed by atoms with van der Waals surface area (Å²) in [5.41, 5.74) is -6.93. The second kappa shape index (κ2) is 14.5. The molecule has 2 aliphatic heterocycles. The molecule has 2 amide bonds. The molecule has 3 aliphatic rings. The van der Waals surface area contributed by atoms with Gasteiger partial charge in [0.05, 0.1) is 42.2 Å². The van der Waals surface area contributed by atoms with Crippen molar-refractivity contribution in [3.63, 3.8) is 0 Å². The van der Waals surface area contributed by atoms with E-state index in [0.29, 0.717) is 63.8 Å². The van der Waals surface area contributed by atoms with E-state index >= 15 is 8.78 Å². The molecule has 2 N–H and O–H groups in total. The minimum absolute atomic E-state index is 0.0650. The summed E-state index contributed by atoms with van der Waals surface area (Å²) in [6, 6.07) is 4.59. The molecule has 6 rings (SSSR count). The van der Waals surface area contributed by atoms with Gasteiger partial charge in [-0.25, -0.2) is 19.4 Å². The van der Waals surface area contributed by atoms with Gasteiger partial charge in [0.2, 0.25) is 5.82 Å². The van der Waals surface area contributed by atoms with Crippen LogP contribution in [0.5, 0.6) is 5.75 Å². The first-order chi connectivity index (χ1) is 25.0. The molecule has 0 atom stereocenters. The Kier molecular flexibility index (Phi) is 10.4. The van der Waals surface area contributed by atoms with Crippen molar-refractivity contribution in [3.8, 4) is 17.0 Å². The highest BCUT2D eigenvalue weighted by atomic mass is 19.4. The first-order valence-corrected chi connectivity index (χ1v) is 16.3. The van der Waals surface area contributed by atoms with E-state index in [2.05, 4.69) is 15.3 Å². The van der Waals surface area contributed by atoms with Crippen molar-refractivity contribution in [2.45, 2.75) is 43.7 Å². The number of benzene rings is 2. The predicted octanol–water partition coefficient (Wildman–Crippen LogP) is 5.73. The molecular formula is C34H32F8N6O5. The predicted molar refractivity (Wildman–Crippen MR) is 170 cm³/mol. The van der Waals surface area contributed by atoms with Gasteiger partial charge < -0.3 is 19.9 Å². The van der Waals surface area contributed by atoms with E-state index in [9.17, 15) is 41.0 Å². The van der Waals surface area contributed by atoms with Crippen LogP contribution in [0.1, 0.15) is 36.1 Å². The fraction of sp³-hybridized carbons (Fsp3) is 0.412. The van der Waals surface area contributed by atoms with Gasteiger partial charge in [0.1, 0.15) is 30.0 Å². The van der Waals surface area contributed by atoms with Crippen LogP contribution >= 0.6 is 0 Å². The number of morpholine rings is 1. The summed E-state index contributed by atoms with van der Waals surface area (Å²) >= 11 is 0. The van der Waals surface area contributed by atoms with Crippen LogP contribution in [0.4, 0.5) is 40.8 Å². The number of aliphatic hydroxyl groups is 1. The number of nitrogens with zero attached hydrogens (tertiary/aromatic N) is 5. The van der Waals surface area contributed by atoms with Crippen LogP contribution in [-0.2, 0) is 33.2 Å².